The zero-order chi connectivity index (χ0) is 9.72. The predicted octanol–water partition coefficient (Wildman–Crippen LogP) is 2.95. The van der Waals surface area contributed by atoms with E-state index in [9.17, 15) is 0 Å². The molecule has 0 aromatic rings. The van der Waals surface area contributed by atoms with Gasteiger partial charge in [-0.15, -0.1) is 0 Å². The summed E-state index contributed by atoms with van der Waals surface area (Å²) in [6, 6.07) is 0. The van der Waals surface area contributed by atoms with Crippen molar-refractivity contribution in [3.8, 4) is 0 Å². The number of rotatable bonds is 3. The van der Waals surface area contributed by atoms with Crippen LogP contribution < -0.4 is 5.73 Å². The molecule has 2 N–H and O–H groups in total. The minimum atomic E-state index is 0.145. The molecule has 0 aliphatic heterocycles. The van der Waals surface area contributed by atoms with Crippen molar-refractivity contribution in [2.75, 3.05) is 0 Å². The van der Waals surface area contributed by atoms with Gasteiger partial charge in [0.1, 0.15) is 5.16 Å². The van der Waals surface area contributed by atoms with Gasteiger partial charge in [0.15, 0.2) is 0 Å². The molecule has 0 saturated heterocycles. The molecule has 0 radical (unpaired) electrons. The van der Waals surface area contributed by atoms with E-state index in [4.69, 9.17) is 17.3 Å². The lowest BCUT2D eigenvalue weighted by Gasteiger charge is -2.00. The fraction of sp³-hybridized carbons (Fsp3) is 0.125. The standard InChI is InChI=1S/C8H10ClIN2/c1-5(2)8(6(3)10)12-4-7(9)11/h4H,1,3,11H2,2H3/b7-4-,12-8?. The zero-order valence-electron chi connectivity index (χ0n) is 6.77. The van der Waals surface area contributed by atoms with Gasteiger partial charge in [0.2, 0.25) is 0 Å². The van der Waals surface area contributed by atoms with Crippen LogP contribution in [0.4, 0.5) is 0 Å². The first kappa shape index (κ1) is 11.7. The van der Waals surface area contributed by atoms with Crippen molar-refractivity contribution in [2.24, 2.45) is 10.7 Å². The summed E-state index contributed by atoms with van der Waals surface area (Å²) in [4.78, 5) is 4.01. The summed E-state index contributed by atoms with van der Waals surface area (Å²) in [5.74, 6) is 0. The molecule has 0 aliphatic rings. The van der Waals surface area contributed by atoms with Crippen molar-refractivity contribution in [2.45, 2.75) is 6.92 Å². The van der Waals surface area contributed by atoms with Crippen molar-refractivity contribution in [1.82, 2.24) is 0 Å². The van der Waals surface area contributed by atoms with Gasteiger partial charge < -0.3 is 5.73 Å². The van der Waals surface area contributed by atoms with Gasteiger partial charge in [-0.05, 0) is 35.1 Å². The number of hydrogen-bond donors (Lipinski definition) is 1. The van der Waals surface area contributed by atoms with Crippen LogP contribution in [-0.2, 0) is 0 Å². The molecule has 0 saturated carbocycles. The Kier molecular flexibility index (Phi) is 5.24. The average Bonchev–Trinajstić information content (AvgIpc) is 1.84. The fourth-order valence-corrected chi connectivity index (χ4v) is 1.19. The third-order valence-corrected chi connectivity index (χ3v) is 1.59. The lowest BCUT2D eigenvalue weighted by molar-refractivity contribution is 1.42. The van der Waals surface area contributed by atoms with Gasteiger partial charge in [-0.2, -0.15) is 0 Å². The lowest BCUT2D eigenvalue weighted by atomic mass is 10.2. The Balaban J connectivity index is 4.75. The molecule has 0 rings (SSSR count). The fourth-order valence-electron chi connectivity index (χ4n) is 0.538. The monoisotopic (exact) mass is 296 g/mol. The van der Waals surface area contributed by atoms with Crippen LogP contribution in [0.1, 0.15) is 6.92 Å². The Bertz CT molecular complexity index is 246. The van der Waals surface area contributed by atoms with Crippen LogP contribution in [0.3, 0.4) is 0 Å². The van der Waals surface area contributed by atoms with E-state index in [1.807, 2.05) is 6.92 Å². The van der Waals surface area contributed by atoms with Crippen molar-refractivity contribution in [3.63, 3.8) is 0 Å². The average molecular weight is 297 g/mol. The molecule has 0 heterocycles. The molecule has 0 aromatic heterocycles. The third kappa shape index (κ3) is 4.56. The molecule has 0 spiro atoms. The van der Waals surface area contributed by atoms with Gasteiger partial charge in [0, 0.05) is 3.58 Å². The van der Waals surface area contributed by atoms with Crippen LogP contribution in [0.25, 0.3) is 0 Å². The summed E-state index contributed by atoms with van der Waals surface area (Å²) in [5.41, 5.74) is 6.76. The molecule has 0 bridgehead atoms. The second-order valence-electron chi connectivity index (χ2n) is 2.18. The zero-order valence-corrected chi connectivity index (χ0v) is 9.69. The summed E-state index contributed by atoms with van der Waals surface area (Å²) >= 11 is 7.47. The first-order valence-electron chi connectivity index (χ1n) is 3.14. The Labute approximate surface area is 91.0 Å². The van der Waals surface area contributed by atoms with Crippen molar-refractivity contribution in [1.29, 1.82) is 0 Å². The van der Waals surface area contributed by atoms with E-state index in [-0.39, 0.29) is 5.16 Å². The van der Waals surface area contributed by atoms with Crippen LogP contribution in [0, 0.1) is 0 Å². The van der Waals surface area contributed by atoms with E-state index in [0.717, 1.165) is 14.9 Å². The minimum Gasteiger partial charge on any atom is -0.388 e. The van der Waals surface area contributed by atoms with Crippen molar-refractivity contribution in [3.05, 3.63) is 33.7 Å². The molecule has 66 valence electrons. The molecule has 0 aliphatic carbocycles. The van der Waals surface area contributed by atoms with E-state index in [1.54, 1.807) is 0 Å². The highest BCUT2D eigenvalue weighted by molar-refractivity contribution is 14.1. The number of allylic oxidation sites excluding steroid dienone is 2. The van der Waals surface area contributed by atoms with Gasteiger partial charge in [0.25, 0.3) is 0 Å². The summed E-state index contributed by atoms with van der Waals surface area (Å²) in [6.07, 6.45) is 1.37. The predicted molar refractivity (Wildman–Crippen MR) is 63.5 cm³/mol. The van der Waals surface area contributed by atoms with Gasteiger partial charge >= 0.3 is 0 Å². The van der Waals surface area contributed by atoms with Gasteiger partial charge in [-0.25, -0.2) is 0 Å². The maximum atomic E-state index is 5.40. The summed E-state index contributed by atoms with van der Waals surface area (Å²) in [7, 11) is 0. The largest absolute Gasteiger partial charge is 0.388 e. The van der Waals surface area contributed by atoms with Crippen LogP contribution in [0.5, 0.6) is 0 Å². The Morgan fingerprint density at radius 3 is 2.33 bits per heavy atom. The number of halogens is 2. The quantitative estimate of drug-likeness (QED) is 0.485. The smallest absolute Gasteiger partial charge is 0.118 e. The summed E-state index contributed by atoms with van der Waals surface area (Å²) in [5, 5.41) is 0.145. The van der Waals surface area contributed by atoms with E-state index in [2.05, 4.69) is 40.7 Å². The number of hydrogen-bond acceptors (Lipinski definition) is 2. The van der Waals surface area contributed by atoms with Crippen LogP contribution in [0.2, 0.25) is 0 Å². The Morgan fingerprint density at radius 1 is 1.58 bits per heavy atom. The topological polar surface area (TPSA) is 38.4 Å². The molecule has 0 unspecified atom stereocenters. The molecule has 0 aromatic carbocycles. The van der Waals surface area contributed by atoms with E-state index in [1.165, 1.54) is 6.20 Å². The molecule has 12 heavy (non-hydrogen) atoms. The maximum Gasteiger partial charge on any atom is 0.118 e. The Morgan fingerprint density at radius 2 is 2.08 bits per heavy atom. The summed E-state index contributed by atoms with van der Waals surface area (Å²) < 4.78 is 0.814. The number of aliphatic imine (C=N–C) groups is 1. The first-order chi connectivity index (χ1) is 5.45. The summed E-state index contributed by atoms with van der Waals surface area (Å²) in [6.45, 7) is 9.33. The normalized spacial score (nSPS) is 12.9. The van der Waals surface area contributed by atoms with Crippen LogP contribution >= 0.6 is 34.2 Å². The molecule has 4 heteroatoms. The second-order valence-corrected chi connectivity index (χ2v) is 3.92. The lowest BCUT2D eigenvalue weighted by Crippen LogP contribution is -1.97. The van der Waals surface area contributed by atoms with Crippen molar-refractivity contribution < 1.29 is 0 Å². The highest BCUT2D eigenvalue weighted by atomic mass is 127. The SMILES string of the molecule is C=C(C)C(=N/C=C(\N)Cl)C(=C)I. The number of nitrogens with zero attached hydrogens (tertiary/aromatic N) is 1. The molecule has 2 nitrogen and oxygen atoms in total. The molecular formula is C8H10ClIN2. The maximum absolute atomic E-state index is 5.40. The molecule has 0 amide bonds. The second kappa shape index (κ2) is 5.37. The third-order valence-electron chi connectivity index (χ3n) is 0.978. The molecular weight excluding hydrogens is 286 g/mol. The van der Waals surface area contributed by atoms with Gasteiger partial charge in [-0.1, -0.05) is 24.8 Å². The first-order valence-corrected chi connectivity index (χ1v) is 4.60. The van der Waals surface area contributed by atoms with E-state index in [0.29, 0.717) is 0 Å². The van der Waals surface area contributed by atoms with Gasteiger partial charge in [0.05, 0.1) is 11.9 Å². The van der Waals surface area contributed by atoms with Crippen molar-refractivity contribution >= 4 is 39.9 Å². The minimum absolute atomic E-state index is 0.145. The van der Waals surface area contributed by atoms with Crippen LogP contribution in [0.15, 0.2) is 38.7 Å². The Hall–Kier alpha value is -0.290. The van der Waals surface area contributed by atoms with Crippen LogP contribution in [-0.4, -0.2) is 5.71 Å². The molecule has 0 atom stereocenters. The molecule has 0 fully saturated rings. The van der Waals surface area contributed by atoms with E-state index < -0.39 is 0 Å². The highest BCUT2D eigenvalue weighted by Gasteiger charge is 2.00. The van der Waals surface area contributed by atoms with E-state index >= 15 is 0 Å². The highest BCUT2D eigenvalue weighted by Crippen LogP contribution is 2.11. The van der Waals surface area contributed by atoms with Gasteiger partial charge in [-0.3, -0.25) is 4.99 Å². The number of nitrogens with two attached hydrogens (primary N) is 1.